The summed E-state index contributed by atoms with van der Waals surface area (Å²) in [5.41, 5.74) is 0.0979. The molecule has 142 valence electrons. The molecule has 27 heavy (non-hydrogen) atoms. The second-order valence-electron chi connectivity index (χ2n) is 6.67. The Hall–Kier alpha value is -2.93. The van der Waals surface area contributed by atoms with Gasteiger partial charge in [-0.25, -0.2) is 0 Å². The van der Waals surface area contributed by atoms with Gasteiger partial charge in [0.05, 0.1) is 10.5 Å². The van der Waals surface area contributed by atoms with E-state index in [2.05, 4.69) is 5.32 Å². The zero-order chi connectivity index (χ0) is 19.2. The van der Waals surface area contributed by atoms with Crippen LogP contribution in [0.4, 0.5) is 5.69 Å². The van der Waals surface area contributed by atoms with Crippen molar-refractivity contribution >= 4 is 11.6 Å². The first-order chi connectivity index (χ1) is 13.1. The summed E-state index contributed by atoms with van der Waals surface area (Å²) in [4.78, 5) is 25.6. The van der Waals surface area contributed by atoms with Crippen LogP contribution < -0.4 is 10.1 Å². The number of nitro groups is 1. The quantitative estimate of drug-likeness (QED) is 0.623. The number of carbonyl (C=O) groups is 1. The first-order valence-corrected chi connectivity index (χ1v) is 9.03. The van der Waals surface area contributed by atoms with Crippen LogP contribution >= 0.6 is 0 Å². The van der Waals surface area contributed by atoms with Crippen LogP contribution in [0.25, 0.3) is 0 Å². The highest BCUT2D eigenvalue weighted by Gasteiger charge is 2.27. The lowest BCUT2D eigenvalue weighted by atomic mass is 9.97. The molecule has 0 aromatic heterocycles. The third-order valence-electron chi connectivity index (χ3n) is 4.67. The fraction of sp³-hybridized carbons (Fsp3) is 0.350. The second kappa shape index (κ2) is 8.64. The number of amides is 1. The Balaban J connectivity index is 1.89. The van der Waals surface area contributed by atoms with Gasteiger partial charge in [-0.3, -0.25) is 14.9 Å². The van der Waals surface area contributed by atoms with Crippen molar-refractivity contribution < 1.29 is 14.5 Å². The molecule has 1 amide bonds. The molecule has 1 saturated heterocycles. The summed E-state index contributed by atoms with van der Waals surface area (Å²) >= 11 is 0. The van der Waals surface area contributed by atoms with E-state index in [0.717, 1.165) is 19.4 Å². The van der Waals surface area contributed by atoms with Crippen LogP contribution in [0.1, 0.15) is 23.2 Å². The van der Waals surface area contributed by atoms with E-state index >= 15 is 0 Å². The number of likely N-dealkylation sites (tertiary alicyclic amines) is 1. The van der Waals surface area contributed by atoms with Crippen LogP contribution in [-0.4, -0.2) is 42.4 Å². The number of nitrogens with one attached hydrogen (secondary N) is 1. The Bertz CT molecular complexity index is 808. The molecular weight excluding hydrogens is 346 g/mol. The number of benzene rings is 2. The van der Waals surface area contributed by atoms with E-state index in [9.17, 15) is 14.9 Å². The van der Waals surface area contributed by atoms with Crippen molar-refractivity contribution in [1.82, 2.24) is 10.2 Å². The molecule has 0 saturated carbocycles. The standard InChI is InChI=1S/C20H23N3O4/c1-21-13-15-6-5-11-22(14-15)20(24)18-12-16(23(25)26)9-10-19(18)27-17-7-3-2-4-8-17/h2-4,7-10,12,15,21H,5-6,11,13-14H2,1H3. The molecule has 1 unspecified atom stereocenters. The number of carbonyl (C=O) groups excluding carboxylic acids is 1. The molecule has 1 aliphatic rings. The molecule has 7 nitrogen and oxygen atoms in total. The molecule has 7 heteroatoms. The minimum Gasteiger partial charge on any atom is -0.457 e. The number of hydrogen-bond acceptors (Lipinski definition) is 5. The number of non-ortho nitro benzene ring substituents is 1. The van der Waals surface area contributed by atoms with Gasteiger partial charge in [-0.05, 0) is 50.6 Å². The zero-order valence-electron chi connectivity index (χ0n) is 15.3. The third-order valence-corrected chi connectivity index (χ3v) is 4.67. The lowest BCUT2D eigenvalue weighted by Crippen LogP contribution is -2.42. The SMILES string of the molecule is CNCC1CCCN(C(=O)c2cc([N+](=O)[O-])ccc2Oc2ccccc2)C1. The van der Waals surface area contributed by atoms with Crippen molar-refractivity contribution in [3.05, 3.63) is 64.2 Å². The van der Waals surface area contributed by atoms with Crippen LogP contribution in [0.2, 0.25) is 0 Å². The topological polar surface area (TPSA) is 84.7 Å². The van der Waals surface area contributed by atoms with Crippen LogP contribution in [0, 0.1) is 16.0 Å². The first-order valence-electron chi connectivity index (χ1n) is 9.03. The van der Waals surface area contributed by atoms with Crippen molar-refractivity contribution in [2.45, 2.75) is 12.8 Å². The Labute approximate surface area is 158 Å². The molecular formula is C20H23N3O4. The van der Waals surface area contributed by atoms with E-state index in [-0.39, 0.29) is 17.2 Å². The summed E-state index contributed by atoms with van der Waals surface area (Å²) in [6.07, 6.45) is 1.98. The minimum absolute atomic E-state index is 0.123. The van der Waals surface area contributed by atoms with Gasteiger partial charge in [-0.1, -0.05) is 18.2 Å². The molecule has 1 N–H and O–H groups in total. The Morgan fingerprint density at radius 2 is 2.07 bits per heavy atom. The molecule has 3 rings (SSSR count). The minimum atomic E-state index is -0.497. The Morgan fingerprint density at radius 3 is 2.78 bits per heavy atom. The van der Waals surface area contributed by atoms with Gasteiger partial charge in [0.2, 0.25) is 0 Å². The zero-order valence-corrected chi connectivity index (χ0v) is 15.3. The molecule has 1 aliphatic heterocycles. The van der Waals surface area contributed by atoms with Gasteiger partial charge >= 0.3 is 0 Å². The average Bonchev–Trinajstić information content (AvgIpc) is 2.69. The lowest BCUT2D eigenvalue weighted by molar-refractivity contribution is -0.384. The maximum absolute atomic E-state index is 13.1. The number of hydrogen-bond donors (Lipinski definition) is 1. The third kappa shape index (κ3) is 4.62. The van der Waals surface area contributed by atoms with E-state index in [0.29, 0.717) is 30.5 Å². The Morgan fingerprint density at radius 1 is 1.30 bits per heavy atom. The number of ether oxygens (including phenoxy) is 1. The normalized spacial score (nSPS) is 16.8. The van der Waals surface area contributed by atoms with Gasteiger partial charge in [-0.15, -0.1) is 0 Å². The summed E-state index contributed by atoms with van der Waals surface area (Å²) in [7, 11) is 1.90. The highest BCUT2D eigenvalue weighted by Crippen LogP contribution is 2.30. The van der Waals surface area contributed by atoms with E-state index in [1.807, 2.05) is 25.2 Å². The number of rotatable bonds is 6. The molecule has 1 heterocycles. The van der Waals surface area contributed by atoms with Crippen molar-refractivity contribution in [2.75, 3.05) is 26.7 Å². The summed E-state index contributed by atoms with van der Waals surface area (Å²) in [6, 6.07) is 13.2. The van der Waals surface area contributed by atoms with Crippen molar-refractivity contribution in [3.8, 4) is 11.5 Å². The van der Waals surface area contributed by atoms with Gasteiger partial charge in [0, 0.05) is 25.2 Å². The highest BCUT2D eigenvalue weighted by molar-refractivity contribution is 5.97. The van der Waals surface area contributed by atoms with E-state index in [1.165, 1.54) is 18.2 Å². The molecule has 2 aromatic rings. The van der Waals surface area contributed by atoms with Gasteiger partial charge in [-0.2, -0.15) is 0 Å². The molecule has 1 fully saturated rings. The average molecular weight is 369 g/mol. The monoisotopic (exact) mass is 369 g/mol. The fourth-order valence-corrected chi connectivity index (χ4v) is 3.38. The smallest absolute Gasteiger partial charge is 0.270 e. The van der Waals surface area contributed by atoms with E-state index in [4.69, 9.17) is 4.74 Å². The fourth-order valence-electron chi connectivity index (χ4n) is 3.38. The molecule has 2 aromatic carbocycles. The number of para-hydroxylation sites is 1. The van der Waals surface area contributed by atoms with Crippen LogP contribution in [0.15, 0.2) is 48.5 Å². The van der Waals surface area contributed by atoms with E-state index in [1.54, 1.807) is 17.0 Å². The molecule has 0 aliphatic carbocycles. The summed E-state index contributed by atoms with van der Waals surface area (Å²) in [5.74, 6) is 1.05. The lowest BCUT2D eigenvalue weighted by Gasteiger charge is -2.33. The largest absolute Gasteiger partial charge is 0.457 e. The van der Waals surface area contributed by atoms with Crippen LogP contribution in [0.3, 0.4) is 0 Å². The van der Waals surface area contributed by atoms with Crippen LogP contribution in [0.5, 0.6) is 11.5 Å². The first kappa shape index (κ1) is 18.8. The molecule has 0 bridgehead atoms. The van der Waals surface area contributed by atoms with Crippen molar-refractivity contribution in [1.29, 1.82) is 0 Å². The summed E-state index contributed by atoms with van der Waals surface area (Å²) < 4.78 is 5.85. The van der Waals surface area contributed by atoms with Gasteiger partial charge in [0.25, 0.3) is 11.6 Å². The predicted octanol–water partition coefficient (Wildman–Crippen LogP) is 3.46. The molecule has 0 radical (unpaired) electrons. The maximum atomic E-state index is 13.1. The van der Waals surface area contributed by atoms with Crippen molar-refractivity contribution in [2.24, 2.45) is 5.92 Å². The van der Waals surface area contributed by atoms with Gasteiger partial charge in [0.1, 0.15) is 11.5 Å². The predicted molar refractivity (Wildman–Crippen MR) is 102 cm³/mol. The Kier molecular flexibility index (Phi) is 6.03. The van der Waals surface area contributed by atoms with E-state index < -0.39 is 4.92 Å². The second-order valence-corrected chi connectivity index (χ2v) is 6.67. The highest BCUT2D eigenvalue weighted by atomic mass is 16.6. The number of nitro benzene ring substituents is 1. The van der Waals surface area contributed by atoms with Gasteiger partial charge in [0.15, 0.2) is 0 Å². The molecule has 0 spiro atoms. The summed E-state index contributed by atoms with van der Waals surface area (Å²) in [5, 5.41) is 14.3. The number of nitrogens with zero attached hydrogens (tertiary/aromatic N) is 2. The van der Waals surface area contributed by atoms with Crippen LogP contribution in [-0.2, 0) is 0 Å². The number of piperidine rings is 1. The molecule has 1 atom stereocenters. The summed E-state index contributed by atoms with van der Waals surface area (Å²) in [6.45, 7) is 2.12. The maximum Gasteiger partial charge on any atom is 0.270 e. The van der Waals surface area contributed by atoms with Crippen molar-refractivity contribution in [3.63, 3.8) is 0 Å². The van der Waals surface area contributed by atoms with Gasteiger partial charge < -0.3 is 15.0 Å².